The van der Waals surface area contributed by atoms with Crippen LogP contribution in [0.5, 0.6) is 0 Å². The van der Waals surface area contributed by atoms with Gasteiger partial charge >= 0.3 is 176 Å². The number of unbranched alkanes of at least 4 members (excludes halogenated alkanes) is 39. The van der Waals surface area contributed by atoms with Gasteiger partial charge in [0.1, 0.15) is 0 Å². The average Bonchev–Trinajstić information content (AvgIpc) is 3.14. The van der Waals surface area contributed by atoms with Gasteiger partial charge in [-0.25, -0.2) is 0 Å². The van der Waals surface area contributed by atoms with Crippen molar-refractivity contribution in [3.63, 3.8) is 0 Å². The number of hydrogen-bond acceptors (Lipinski definition) is 4. The van der Waals surface area contributed by atoms with Crippen molar-refractivity contribution < 1.29 is 14.7 Å². The molecule has 0 unspecified atom stereocenters. The number of nitrogens with two attached hydrogens (primary N) is 1. The molecule has 4 nitrogen and oxygen atoms in total. The van der Waals surface area contributed by atoms with E-state index in [4.69, 9.17) is 5.73 Å². The first-order valence-corrected chi connectivity index (χ1v) is 27.2. The van der Waals surface area contributed by atoms with Crippen molar-refractivity contribution >= 4 is 7.28 Å². The molecule has 0 aromatic carbocycles. The molecule has 0 heterocycles. The summed E-state index contributed by atoms with van der Waals surface area (Å²) in [6, 6.07) is 0. The molecule has 0 fully saturated rings. The predicted octanol–water partition coefficient (Wildman–Crippen LogP) is 16.7. The summed E-state index contributed by atoms with van der Waals surface area (Å²) in [6.07, 6.45) is 56.1. The Balaban J connectivity index is 0. The molecule has 0 aliphatic carbocycles. The molecule has 0 spiro atoms. The van der Waals surface area contributed by atoms with Gasteiger partial charge in [-0.1, -0.05) is 143 Å². The van der Waals surface area contributed by atoms with Gasteiger partial charge < -0.3 is 5.73 Å². The van der Waals surface area contributed by atoms with Crippen LogP contribution in [-0.4, -0.2) is 33.5 Å². The fourth-order valence-corrected chi connectivity index (χ4v) is 9.68. The van der Waals surface area contributed by atoms with Gasteiger partial charge in [0.05, 0.1) is 0 Å². The molecule has 5 N–H and O–H groups in total. The minimum atomic E-state index is -4.38. The Labute approximate surface area is 336 Å². The normalized spacial score (nSPS) is 12.5. The molecule has 53 heavy (non-hydrogen) atoms. The summed E-state index contributed by atoms with van der Waals surface area (Å²) in [5.74, 6) is 0. The Hall–Kier alpha value is 0.270. The third-order valence-electron chi connectivity index (χ3n) is 11.5. The van der Waals surface area contributed by atoms with Gasteiger partial charge in [0.15, 0.2) is 0 Å². The summed E-state index contributed by atoms with van der Waals surface area (Å²) in [6.45, 7) is 7.70. The van der Waals surface area contributed by atoms with E-state index in [-0.39, 0.29) is 12.3 Å². The smallest absolute Gasteiger partial charge is 0.0654 e. The zero-order chi connectivity index (χ0) is 39.3. The summed E-state index contributed by atoms with van der Waals surface area (Å²) >= 11 is 0. The molecule has 0 atom stereocenters. The van der Waals surface area contributed by atoms with E-state index in [1.54, 1.807) is 0 Å². The van der Waals surface area contributed by atoms with Crippen molar-refractivity contribution in [1.29, 1.82) is 0 Å². The van der Waals surface area contributed by atoms with E-state index >= 15 is 0 Å². The summed E-state index contributed by atoms with van der Waals surface area (Å²) in [5.41, 5.74) is 5.47. The fourth-order valence-electron chi connectivity index (χ4n) is 7.71. The van der Waals surface area contributed by atoms with Crippen LogP contribution in [0.25, 0.3) is 0 Å². The van der Waals surface area contributed by atoms with Crippen LogP contribution in [0.15, 0.2) is 0 Å². The Morgan fingerprint density at radius 3 is 0.566 bits per heavy atom. The van der Waals surface area contributed by atoms with Crippen LogP contribution in [-0.2, 0) is 0 Å². The van der Waals surface area contributed by atoms with Crippen LogP contribution in [0.1, 0.15) is 290 Å². The molecule has 0 aliphatic rings. The maximum atomic E-state index is 10.4. The zero-order valence-electron chi connectivity index (χ0n) is 37.2. The summed E-state index contributed by atoms with van der Waals surface area (Å²) < 4.78 is 0. The second-order valence-corrected chi connectivity index (χ2v) is 20.9. The first kappa shape index (κ1) is 55.4. The predicted molar refractivity (Wildman–Crippen MR) is 243 cm³/mol. The SMILES string of the molecule is CCCCCCCCCCCCCCCCN.CCCCCCCCCCCCCCCCP(O)(O)(O)CCCCCCCCCCCCCCCC. The van der Waals surface area contributed by atoms with Gasteiger partial charge in [0.25, 0.3) is 0 Å². The van der Waals surface area contributed by atoms with Gasteiger partial charge in [-0.2, -0.15) is 0 Å². The minimum absolute atomic E-state index is 0.210. The fraction of sp³-hybridized carbons (Fsp3) is 1.00. The zero-order valence-corrected chi connectivity index (χ0v) is 38.1. The summed E-state index contributed by atoms with van der Waals surface area (Å²) in [7, 11) is -4.38. The average molecular weight is 774 g/mol. The molecular formula is C48H104NO3P. The maximum absolute atomic E-state index is 10.4. The molecule has 0 aromatic heterocycles. The van der Waals surface area contributed by atoms with E-state index in [0.29, 0.717) is 0 Å². The van der Waals surface area contributed by atoms with Crippen molar-refractivity contribution in [3.05, 3.63) is 0 Å². The van der Waals surface area contributed by atoms with Crippen LogP contribution in [0.2, 0.25) is 0 Å². The van der Waals surface area contributed by atoms with E-state index in [1.807, 2.05) is 0 Å². The van der Waals surface area contributed by atoms with Crippen LogP contribution in [0.3, 0.4) is 0 Å². The molecular weight excluding hydrogens is 670 g/mol. The monoisotopic (exact) mass is 774 g/mol. The Kier molecular flexibility index (Phi) is 47.0. The molecule has 0 aromatic rings. The first-order chi connectivity index (χ1) is 25.8. The van der Waals surface area contributed by atoms with Crippen LogP contribution in [0.4, 0.5) is 0 Å². The molecule has 0 aliphatic heterocycles. The Morgan fingerprint density at radius 1 is 0.245 bits per heavy atom. The van der Waals surface area contributed by atoms with E-state index in [0.717, 1.165) is 45.1 Å². The van der Waals surface area contributed by atoms with Gasteiger partial charge in [-0.15, -0.1) is 0 Å². The van der Waals surface area contributed by atoms with Gasteiger partial charge in [0.2, 0.25) is 0 Å². The van der Waals surface area contributed by atoms with Gasteiger partial charge in [-0.05, 0) is 13.0 Å². The van der Waals surface area contributed by atoms with Crippen molar-refractivity contribution in [2.24, 2.45) is 5.73 Å². The topological polar surface area (TPSA) is 86.7 Å². The number of rotatable bonds is 44. The quantitative estimate of drug-likeness (QED) is 0.0367. The van der Waals surface area contributed by atoms with Crippen LogP contribution in [0, 0.1) is 0 Å². The molecule has 0 bridgehead atoms. The first-order valence-electron chi connectivity index (χ1n) is 24.8. The van der Waals surface area contributed by atoms with Gasteiger partial charge in [-0.3, -0.25) is 0 Å². The summed E-state index contributed by atoms with van der Waals surface area (Å²) in [5, 5.41) is 0. The molecule has 0 saturated heterocycles. The molecule has 0 amide bonds. The van der Waals surface area contributed by atoms with E-state index < -0.39 is 7.28 Å². The van der Waals surface area contributed by atoms with Crippen molar-refractivity contribution in [2.75, 3.05) is 18.9 Å². The van der Waals surface area contributed by atoms with Crippen molar-refractivity contribution in [1.82, 2.24) is 0 Å². The molecule has 0 rings (SSSR count). The van der Waals surface area contributed by atoms with Crippen molar-refractivity contribution in [3.8, 4) is 0 Å². The van der Waals surface area contributed by atoms with Crippen LogP contribution < -0.4 is 5.73 Å². The molecule has 324 valence electrons. The van der Waals surface area contributed by atoms with Crippen molar-refractivity contribution in [2.45, 2.75) is 290 Å². The van der Waals surface area contributed by atoms with E-state index in [1.165, 1.54) is 231 Å². The second kappa shape index (κ2) is 45.0. The Morgan fingerprint density at radius 2 is 0.396 bits per heavy atom. The Bertz CT molecular complexity index is 602. The second-order valence-electron chi connectivity index (χ2n) is 17.4. The van der Waals surface area contributed by atoms with E-state index in [9.17, 15) is 14.7 Å². The molecule has 5 heteroatoms. The third-order valence-corrected chi connectivity index (χ3v) is 14.0. The summed E-state index contributed by atoms with van der Waals surface area (Å²) in [4.78, 5) is 31.2. The van der Waals surface area contributed by atoms with Gasteiger partial charge in [0, 0.05) is 0 Å². The standard InChI is InChI=1S/C32H69O3P.C16H35N/c1-3-5-7-9-11-13-15-17-19-21-23-25-27-29-31-36(33,34,35)32-30-28-26-24-22-20-18-16-14-12-10-8-6-4-2;1-2-3-4-5-6-7-8-9-10-11-12-13-14-15-16-17/h33-35H,3-32H2,1-2H3;2-17H2,1H3. The van der Waals surface area contributed by atoms with Crippen LogP contribution >= 0.6 is 7.28 Å². The minimum Gasteiger partial charge on any atom is -0.0654 e. The molecule has 0 saturated carbocycles. The third kappa shape index (κ3) is 52.3. The number of hydrogen-bond donors (Lipinski definition) is 4. The molecule has 0 radical (unpaired) electrons. The van der Waals surface area contributed by atoms with E-state index in [2.05, 4.69) is 20.8 Å².